The number of sulfonamides is 1. The van der Waals surface area contributed by atoms with E-state index in [1.54, 1.807) is 11.0 Å². The lowest BCUT2D eigenvalue weighted by molar-refractivity contribution is -0.123. The number of carbonyl (C=O) groups is 2. The van der Waals surface area contributed by atoms with Crippen molar-refractivity contribution in [2.45, 2.75) is 32.6 Å². The number of nitrogens with zero attached hydrogens (tertiary/aromatic N) is 2. The van der Waals surface area contributed by atoms with Gasteiger partial charge in [-0.05, 0) is 42.8 Å². The molecular weight excluding hydrogens is 441 g/mol. The molecule has 10 heteroatoms. The van der Waals surface area contributed by atoms with Crippen molar-refractivity contribution >= 4 is 38.2 Å². The molecule has 0 bridgehead atoms. The summed E-state index contributed by atoms with van der Waals surface area (Å²) in [6, 6.07) is 6.48. The van der Waals surface area contributed by atoms with E-state index in [0.717, 1.165) is 17.7 Å². The molecule has 0 unspecified atom stereocenters. The van der Waals surface area contributed by atoms with E-state index in [0.29, 0.717) is 9.88 Å². The van der Waals surface area contributed by atoms with E-state index >= 15 is 0 Å². The number of benzene rings is 1. The molecule has 0 aliphatic carbocycles. The molecule has 1 aliphatic rings. The number of hydrogen-bond donors (Lipinski definition) is 1. The number of hydrogen-bond acceptors (Lipinski definition) is 5. The van der Waals surface area contributed by atoms with Gasteiger partial charge in [0.1, 0.15) is 5.82 Å². The van der Waals surface area contributed by atoms with Crippen LogP contribution in [0.15, 0.2) is 35.2 Å². The summed E-state index contributed by atoms with van der Waals surface area (Å²) in [5.74, 6) is -0.816. The maximum absolute atomic E-state index is 13.1. The van der Waals surface area contributed by atoms with Crippen LogP contribution in [0.2, 0.25) is 0 Å². The molecular formula is C21H26FN3O4S2. The largest absolute Gasteiger partial charge is 0.335 e. The molecule has 7 nitrogen and oxygen atoms in total. The lowest BCUT2D eigenvalue weighted by atomic mass is 9.96. The summed E-state index contributed by atoms with van der Waals surface area (Å²) in [6.07, 6.45) is 0. The average molecular weight is 468 g/mol. The lowest BCUT2D eigenvalue weighted by Gasteiger charge is -2.34. The topological polar surface area (TPSA) is 86.8 Å². The van der Waals surface area contributed by atoms with Crippen molar-refractivity contribution in [1.82, 2.24) is 9.21 Å². The van der Waals surface area contributed by atoms with Gasteiger partial charge in [0.2, 0.25) is 15.9 Å². The van der Waals surface area contributed by atoms with Gasteiger partial charge in [-0.15, -0.1) is 11.3 Å². The SMILES string of the molecule is Cc1cc(NC(=O)C(C)(C)C)sc1C(=O)N1CCN(S(=O)(=O)c2ccc(F)cc2)CC1. The van der Waals surface area contributed by atoms with Crippen LogP contribution < -0.4 is 5.32 Å². The third-order valence-electron chi connectivity index (χ3n) is 5.01. The van der Waals surface area contributed by atoms with E-state index in [-0.39, 0.29) is 42.9 Å². The van der Waals surface area contributed by atoms with E-state index in [4.69, 9.17) is 0 Å². The summed E-state index contributed by atoms with van der Waals surface area (Å²) in [6.45, 7) is 8.07. The van der Waals surface area contributed by atoms with Gasteiger partial charge in [0, 0.05) is 31.6 Å². The monoisotopic (exact) mass is 467 g/mol. The summed E-state index contributed by atoms with van der Waals surface area (Å²) in [5, 5.41) is 3.45. The van der Waals surface area contributed by atoms with E-state index in [1.165, 1.54) is 27.8 Å². The van der Waals surface area contributed by atoms with Gasteiger partial charge in [-0.25, -0.2) is 12.8 Å². The zero-order valence-corrected chi connectivity index (χ0v) is 19.6. The Labute approximate surface area is 185 Å². The van der Waals surface area contributed by atoms with E-state index in [2.05, 4.69) is 5.32 Å². The van der Waals surface area contributed by atoms with Crippen LogP contribution in [0.4, 0.5) is 9.39 Å². The maximum Gasteiger partial charge on any atom is 0.264 e. The van der Waals surface area contributed by atoms with E-state index in [9.17, 15) is 22.4 Å². The van der Waals surface area contributed by atoms with Gasteiger partial charge >= 0.3 is 0 Å². The second kappa shape index (κ2) is 8.68. The Balaban J connectivity index is 1.67. The summed E-state index contributed by atoms with van der Waals surface area (Å²) in [5.41, 5.74) is 0.217. The van der Waals surface area contributed by atoms with Gasteiger partial charge in [-0.3, -0.25) is 9.59 Å². The first kappa shape index (κ1) is 23.4. The van der Waals surface area contributed by atoms with Gasteiger partial charge in [0.25, 0.3) is 5.91 Å². The quantitative estimate of drug-likeness (QED) is 0.747. The molecule has 31 heavy (non-hydrogen) atoms. The number of anilines is 1. The van der Waals surface area contributed by atoms with Gasteiger partial charge < -0.3 is 10.2 Å². The fourth-order valence-electron chi connectivity index (χ4n) is 3.09. The molecule has 0 atom stereocenters. The first-order valence-electron chi connectivity index (χ1n) is 9.86. The molecule has 2 aromatic rings. The molecule has 1 aliphatic heterocycles. The van der Waals surface area contributed by atoms with Crippen molar-refractivity contribution in [2.24, 2.45) is 5.41 Å². The number of amides is 2. The van der Waals surface area contributed by atoms with Crippen LogP contribution in [0.25, 0.3) is 0 Å². The molecule has 168 valence electrons. The first-order valence-corrected chi connectivity index (χ1v) is 12.1. The van der Waals surface area contributed by atoms with Gasteiger partial charge in [0.05, 0.1) is 14.8 Å². The van der Waals surface area contributed by atoms with Crippen LogP contribution in [0, 0.1) is 18.2 Å². The second-order valence-electron chi connectivity index (χ2n) is 8.48. The zero-order valence-electron chi connectivity index (χ0n) is 17.9. The highest BCUT2D eigenvalue weighted by atomic mass is 32.2. The molecule has 1 N–H and O–H groups in total. The number of piperazine rings is 1. The molecule has 2 amide bonds. The third kappa shape index (κ3) is 5.13. The van der Waals surface area contributed by atoms with Crippen molar-refractivity contribution < 1.29 is 22.4 Å². The molecule has 0 saturated carbocycles. The highest BCUT2D eigenvalue weighted by molar-refractivity contribution is 7.89. The van der Waals surface area contributed by atoms with Crippen molar-refractivity contribution in [1.29, 1.82) is 0 Å². The first-order chi connectivity index (χ1) is 14.4. The fraction of sp³-hybridized carbons (Fsp3) is 0.429. The lowest BCUT2D eigenvalue weighted by Crippen LogP contribution is -2.50. The highest BCUT2D eigenvalue weighted by Gasteiger charge is 2.31. The molecule has 1 aromatic heterocycles. The Morgan fingerprint density at radius 2 is 1.65 bits per heavy atom. The summed E-state index contributed by atoms with van der Waals surface area (Å²) in [7, 11) is -3.74. The minimum absolute atomic E-state index is 0.0296. The Morgan fingerprint density at radius 3 is 2.19 bits per heavy atom. The molecule has 1 saturated heterocycles. The van der Waals surface area contributed by atoms with E-state index in [1.807, 2.05) is 27.7 Å². The minimum atomic E-state index is -3.74. The molecule has 2 heterocycles. The van der Waals surface area contributed by atoms with Gasteiger partial charge in [-0.2, -0.15) is 4.31 Å². The molecule has 1 aromatic carbocycles. The summed E-state index contributed by atoms with van der Waals surface area (Å²) < 4.78 is 39.9. The van der Waals surface area contributed by atoms with Crippen molar-refractivity contribution in [2.75, 3.05) is 31.5 Å². The van der Waals surface area contributed by atoms with E-state index < -0.39 is 21.3 Å². The van der Waals surface area contributed by atoms with Gasteiger partial charge in [0.15, 0.2) is 0 Å². The molecule has 1 fully saturated rings. The van der Waals surface area contributed by atoms with Gasteiger partial charge in [-0.1, -0.05) is 20.8 Å². The fourth-order valence-corrected chi connectivity index (χ4v) is 5.54. The predicted octanol–water partition coefficient (Wildman–Crippen LogP) is 3.33. The van der Waals surface area contributed by atoms with Crippen LogP contribution in [0.5, 0.6) is 0 Å². The molecule has 0 spiro atoms. The number of aryl methyl sites for hydroxylation is 1. The Morgan fingerprint density at radius 1 is 1.06 bits per heavy atom. The van der Waals surface area contributed by atoms with Crippen molar-refractivity contribution in [3.63, 3.8) is 0 Å². The number of halogens is 1. The average Bonchev–Trinajstić information content (AvgIpc) is 3.07. The molecule has 0 radical (unpaired) electrons. The van der Waals surface area contributed by atoms with Crippen molar-refractivity contribution in [3.05, 3.63) is 46.6 Å². The van der Waals surface area contributed by atoms with Crippen LogP contribution in [0.1, 0.15) is 36.0 Å². The number of thiophene rings is 1. The number of rotatable bonds is 4. The number of carbonyl (C=O) groups excluding carboxylic acids is 2. The second-order valence-corrected chi connectivity index (χ2v) is 11.5. The smallest absolute Gasteiger partial charge is 0.264 e. The third-order valence-corrected chi connectivity index (χ3v) is 8.06. The van der Waals surface area contributed by atoms with Crippen LogP contribution >= 0.6 is 11.3 Å². The highest BCUT2D eigenvalue weighted by Crippen LogP contribution is 2.30. The number of nitrogens with one attached hydrogen (secondary N) is 1. The van der Waals surface area contributed by atoms with Crippen LogP contribution in [-0.2, 0) is 14.8 Å². The standard InChI is InChI=1S/C21H26FN3O4S2/c1-14-13-17(23-20(27)21(2,3)4)30-18(14)19(26)24-9-11-25(12-10-24)31(28,29)16-7-5-15(22)6-8-16/h5-8,13H,9-12H2,1-4H3,(H,23,27). The maximum atomic E-state index is 13.1. The van der Waals surface area contributed by atoms with Crippen LogP contribution in [-0.4, -0.2) is 55.6 Å². The Hall–Kier alpha value is -2.30. The Bertz CT molecular complexity index is 1080. The zero-order chi connectivity index (χ0) is 23.0. The Kier molecular flexibility index (Phi) is 6.54. The normalized spacial score (nSPS) is 15.7. The summed E-state index contributed by atoms with van der Waals surface area (Å²) >= 11 is 1.22. The van der Waals surface area contributed by atoms with Crippen molar-refractivity contribution in [3.8, 4) is 0 Å². The summed E-state index contributed by atoms with van der Waals surface area (Å²) in [4.78, 5) is 27.4. The van der Waals surface area contributed by atoms with Crippen LogP contribution in [0.3, 0.4) is 0 Å². The predicted molar refractivity (Wildman–Crippen MR) is 118 cm³/mol. The molecule has 3 rings (SSSR count). The minimum Gasteiger partial charge on any atom is -0.335 e.